The third kappa shape index (κ3) is 7.06. The summed E-state index contributed by atoms with van der Waals surface area (Å²) in [5.41, 5.74) is 0.928. The molecule has 2 N–H and O–H groups in total. The molecule has 0 aliphatic rings. The van der Waals surface area contributed by atoms with Gasteiger partial charge in [0.05, 0.1) is 17.2 Å². The van der Waals surface area contributed by atoms with Gasteiger partial charge in [0.1, 0.15) is 6.04 Å². The van der Waals surface area contributed by atoms with Crippen LogP contribution in [-0.4, -0.2) is 72.0 Å². The predicted octanol–water partition coefficient (Wildman–Crippen LogP) is 0.829. The van der Waals surface area contributed by atoms with E-state index in [1.807, 2.05) is 17.3 Å². The van der Waals surface area contributed by atoms with Crippen LogP contribution in [0.15, 0.2) is 5.38 Å². The quantitative estimate of drug-likeness (QED) is 0.691. The smallest absolute Gasteiger partial charge is 0.327 e. The first-order valence-electron chi connectivity index (χ1n) is 7.48. The Balaban J connectivity index is 2.50. The van der Waals surface area contributed by atoms with E-state index in [9.17, 15) is 9.59 Å². The van der Waals surface area contributed by atoms with Crippen molar-refractivity contribution < 1.29 is 14.7 Å². The first-order chi connectivity index (χ1) is 10.7. The zero-order valence-electron chi connectivity index (χ0n) is 14.4. The first-order valence-corrected chi connectivity index (χ1v) is 8.36. The SMILES string of the molecule is CC(C)c1nc(CN(C)CC(=O)NC(CN(C)C)C(=O)O)cs1. The van der Waals surface area contributed by atoms with Gasteiger partial charge in [0.2, 0.25) is 5.91 Å². The molecular formula is C15H26N4O3S. The van der Waals surface area contributed by atoms with Crippen LogP contribution in [0.5, 0.6) is 0 Å². The molecule has 0 aliphatic heterocycles. The van der Waals surface area contributed by atoms with Crippen LogP contribution in [0, 0.1) is 0 Å². The molecule has 0 fully saturated rings. The second-order valence-corrected chi connectivity index (χ2v) is 7.11. The molecule has 0 aromatic carbocycles. The van der Waals surface area contributed by atoms with E-state index in [1.54, 1.807) is 30.3 Å². The molecule has 23 heavy (non-hydrogen) atoms. The lowest BCUT2D eigenvalue weighted by Gasteiger charge is -2.20. The number of hydrogen-bond acceptors (Lipinski definition) is 6. The summed E-state index contributed by atoms with van der Waals surface area (Å²) < 4.78 is 0. The van der Waals surface area contributed by atoms with Crippen LogP contribution in [0.2, 0.25) is 0 Å². The van der Waals surface area contributed by atoms with Crippen molar-refractivity contribution in [1.82, 2.24) is 20.1 Å². The molecule has 0 saturated carbocycles. The van der Waals surface area contributed by atoms with Crippen LogP contribution < -0.4 is 5.32 Å². The predicted molar refractivity (Wildman–Crippen MR) is 90.7 cm³/mol. The van der Waals surface area contributed by atoms with Crippen molar-refractivity contribution >= 4 is 23.2 Å². The minimum absolute atomic E-state index is 0.131. The average Bonchev–Trinajstić information content (AvgIpc) is 2.85. The lowest BCUT2D eigenvalue weighted by atomic mass is 10.2. The van der Waals surface area contributed by atoms with Gasteiger partial charge in [0, 0.05) is 24.4 Å². The summed E-state index contributed by atoms with van der Waals surface area (Å²) in [5, 5.41) is 14.8. The van der Waals surface area contributed by atoms with E-state index in [2.05, 4.69) is 24.1 Å². The molecule has 0 aliphatic carbocycles. The summed E-state index contributed by atoms with van der Waals surface area (Å²) in [6.07, 6.45) is 0. The molecule has 0 spiro atoms. The van der Waals surface area contributed by atoms with Gasteiger partial charge in [0.25, 0.3) is 0 Å². The second-order valence-electron chi connectivity index (χ2n) is 6.22. The number of nitrogens with zero attached hydrogens (tertiary/aromatic N) is 3. The maximum atomic E-state index is 12.0. The number of aromatic nitrogens is 1. The Bertz CT molecular complexity index is 531. The van der Waals surface area contributed by atoms with Crippen molar-refractivity contribution in [2.24, 2.45) is 0 Å². The number of carboxylic acids is 1. The van der Waals surface area contributed by atoms with E-state index in [4.69, 9.17) is 5.11 Å². The second kappa shape index (κ2) is 8.95. The highest BCUT2D eigenvalue weighted by Gasteiger charge is 2.21. The van der Waals surface area contributed by atoms with Crippen LogP contribution in [0.1, 0.15) is 30.5 Å². The molecule has 7 nitrogen and oxygen atoms in total. The van der Waals surface area contributed by atoms with Crippen LogP contribution in [0.3, 0.4) is 0 Å². The van der Waals surface area contributed by atoms with Gasteiger partial charge in [-0.2, -0.15) is 0 Å². The van der Waals surface area contributed by atoms with Crippen molar-refractivity contribution in [2.75, 3.05) is 34.2 Å². The minimum atomic E-state index is -1.03. The highest BCUT2D eigenvalue weighted by atomic mass is 32.1. The zero-order chi connectivity index (χ0) is 17.6. The molecule has 130 valence electrons. The van der Waals surface area contributed by atoms with Gasteiger partial charge >= 0.3 is 5.97 Å². The number of thiazole rings is 1. The molecule has 0 saturated heterocycles. The van der Waals surface area contributed by atoms with Crippen molar-refractivity contribution in [3.63, 3.8) is 0 Å². The zero-order valence-corrected chi connectivity index (χ0v) is 15.2. The van der Waals surface area contributed by atoms with Gasteiger partial charge in [-0.25, -0.2) is 9.78 Å². The topological polar surface area (TPSA) is 85.8 Å². The number of amides is 1. The third-order valence-electron chi connectivity index (χ3n) is 3.09. The number of aliphatic carboxylic acids is 1. The van der Waals surface area contributed by atoms with Gasteiger partial charge in [-0.15, -0.1) is 11.3 Å². The van der Waals surface area contributed by atoms with Crippen LogP contribution in [0.4, 0.5) is 0 Å². The fraction of sp³-hybridized carbons (Fsp3) is 0.667. The number of rotatable bonds is 9. The van der Waals surface area contributed by atoms with Crippen LogP contribution in [-0.2, 0) is 16.1 Å². The lowest BCUT2D eigenvalue weighted by molar-refractivity contribution is -0.142. The van der Waals surface area contributed by atoms with E-state index in [0.29, 0.717) is 12.5 Å². The maximum absolute atomic E-state index is 12.0. The van der Waals surface area contributed by atoms with E-state index < -0.39 is 12.0 Å². The van der Waals surface area contributed by atoms with Crippen molar-refractivity contribution in [3.8, 4) is 0 Å². The van der Waals surface area contributed by atoms with Crippen molar-refractivity contribution in [1.29, 1.82) is 0 Å². The number of hydrogen-bond donors (Lipinski definition) is 2. The molecule has 1 unspecified atom stereocenters. The highest BCUT2D eigenvalue weighted by molar-refractivity contribution is 7.09. The Kier molecular flexibility index (Phi) is 7.60. The van der Waals surface area contributed by atoms with E-state index in [1.165, 1.54) is 0 Å². The molecule has 0 radical (unpaired) electrons. The largest absolute Gasteiger partial charge is 0.480 e. The Labute approximate surface area is 141 Å². The summed E-state index contributed by atoms with van der Waals surface area (Å²) in [4.78, 5) is 31.2. The molecular weight excluding hydrogens is 316 g/mol. The summed E-state index contributed by atoms with van der Waals surface area (Å²) in [6.45, 7) is 5.13. The van der Waals surface area contributed by atoms with Gasteiger partial charge in [-0.3, -0.25) is 9.69 Å². The third-order valence-corrected chi connectivity index (χ3v) is 4.28. The Morgan fingerprint density at radius 3 is 2.48 bits per heavy atom. The molecule has 0 bridgehead atoms. The normalized spacial score (nSPS) is 12.9. The number of carbonyl (C=O) groups excluding carboxylic acids is 1. The molecule has 8 heteroatoms. The van der Waals surface area contributed by atoms with Gasteiger partial charge in [-0.05, 0) is 21.1 Å². The number of likely N-dealkylation sites (N-methyl/N-ethyl adjacent to an activating group) is 2. The summed E-state index contributed by atoms with van der Waals surface area (Å²) in [6, 6.07) is -0.905. The fourth-order valence-corrected chi connectivity index (χ4v) is 2.85. The van der Waals surface area contributed by atoms with Crippen molar-refractivity contribution in [2.45, 2.75) is 32.4 Å². The number of carboxylic acid groups (broad SMARTS) is 1. The first kappa shape index (κ1) is 19.5. The standard InChI is InChI=1S/C15H26N4O3S/c1-10(2)14-16-11(9-23-14)6-19(5)8-13(20)17-12(15(21)22)7-18(3)4/h9-10,12H,6-8H2,1-5H3,(H,17,20)(H,21,22). The molecule has 1 amide bonds. The molecule has 1 heterocycles. The number of carbonyl (C=O) groups is 2. The highest BCUT2D eigenvalue weighted by Crippen LogP contribution is 2.19. The Hall–Kier alpha value is -1.51. The summed E-state index contributed by atoms with van der Waals surface area (Å²) in [5.74, 6) is -0.943. The van der Waals surface area contributed by atoms with Gasteiger partial charge < -0.3 is 15.3 Å². The van der Waals surface area contributed by atoms with E-state index in [0.717, 1.165) is 10.7 Å². The Morgan fingerprint density at radius 1 is 1.35 bits per heavy atom. The van der Waals surface area contributed by atoms with Crippen molar-refractivity contribution in [3.05, 3.63) is 16.1 Å². The maximum Gasteiger partial charge on any atom is 0.327 e. The fourth-order valence-electron chi connectivity index (χ4n) is 2.03. The molecule has 1 atom stereocenters. The lowest BCUT2D eigenvalue weighted by Crippen LogP contribution is -2.49. The average molecular weight is 342 g/mol. The van der Waals surface area contributed by atoms with Crippen LogP contribution >= 0.6 is 11.3 Å². The minimum Gasteiger partial charge on any atom is -0.480 e. The molecule has 1 rings (SSSR count). The van der Waals surface area contributed by atoms with Gasteiger partial charge in [-0.1, -0.05) is 13.8 Å². The monoisotopic (exact) mass is 342 g/mol. The van der Waals surface area contributed by atoms with Gasteiger partial charge in [0.15, 0.2) is 0 Å². The van der Waals surface area contributed by atoms with E-state index in [-0.39, 0.29) is 19.0 Å². The Morgan fingerprint density at radius 2 is 2.00 bits per heavy atom. The summed E-state index contributed by atoms with van der Waals surface area (Å²) in [7, 11) is 5.35. The molecule has 1 aromatic rings. The summed E-state index contributed by atoms with van der Waals surface area (Å²) >= 11 is 1.62. The molecule has 1 aromatic heterocycles. The number of nitrogens with one attached hydrogen (secondary N) is 1. The van der Waals surface area contributed by atoms with Crippen LogP contribution in [0.25, 0.3) is 0 Å². The van der Waals surface area contributed by atoms with E-state index >= 15 is 0 Å².